The van der Waals surface area contributed by atoms with Gasteiger partial charge in [0.1, 0.15) is 29.4 Å². The van der Waals surface area contributed by atoms with Gasteiger partial charge in [0.25, 0.3) is 5.91 Å². The lowest BCUT2D eigenvalue weighted by Crippen LogP contribution is -2.26. The Morgan fingerprint density at radius 2 is 2.03 bits per heavy atom. The Labute approximate surface area is 175 Å². The number of methoxy groups -OCH3 is 2. The molecule has 1 amide bonds. The maximum absolute atomic E-state index is 13.0. The number of benzene rings is 1. The van der Waals surface area contributed by atoms with Crippen molar-refractivity contribution >= 4 is 22.8 Å². The van der Waals surface area contributed by atoms with Crippen LogP contribution in [0.1, 0.15) is 41.4 Å². The summed E-state index contributed by atoms with van der Waals surface area (Å²) in [6.07, 6.45) is 4.19. The third-order valence-electron chi connectivity index (χ3n) is 5.48. The highest BCUT2D eigenvalue weighted by Gasteiger charge is 2.38. The molecule has 0 atom stereocenters. The molecule has 1 fully saturated rings. The Bertz CT molecular complexity index is 1090. The number of nitrogens with zero attached hydrogens (tertiary/aromatic N) is 2. The minimum absolute atomic E-state index is 0.0170. The number of fused-ring (bicyclic) bond motifs is 1. The van der Waals surface area contributed by atoms with E-state index in [1.807, 2.05) is 18.2 Å². The first-order chi connectivity index (χ1) is 14.4. The molecule has 2 aromatic heterocycles. The van der Waals surface area contributed by atoms with Crippen molar-refractivity contribution in [3.63, 3.8) is 0 Å². The number of amides is 1. The van der Waals surface area contributed by atoms with Crippen molar-refractivity contribution < 1.29 is 18.7 Å². The van der Waals surface area contributed by atoms with Crippen molar-refractivity contribution in [2.45, 2.75) is 38.6 Å². The summed E-state index contributed by atoms with van der Waals surface area (Å²) < 4.78 is 16.4. The van der Waals surface area contributed by atoms with Gasteiger partial charge in [-0.25, -0.2) is 9.97 Å². The summed E-state index contributed by atoms with van der Waals surface area (Å²) in [5, 5.41) is 7.04. The zero-order valence-electron chi connectivity index (χ0n) is 17.7. The van der Waals surface area contributed by atoms with E-state index >= 15 is 0 Å². The van der Waals surface area contributed by atoms with Crippen LogP contribution in [0, 0.1) is 6.92 Å². The molecule has 0 saturated heterocycles. The summed E-state index contributed by atoms with van der Waals surface area (Å²) >= 11 is 0. The van der Waals surface area contributed by atoms with E-state index in [4.69, 9.17) is 13.9 Å². The predicted molar refractivity (Wildman–Crippen MR) is 113 cm³/mol. The van der Waals surface area contributed by atoms with E-state index in [1.54, 1.807) is 21.1 Å². The van der Waals surface area contributed by atoms with Gasteiger partial charge in [0, 0.05) is 12.1 Å². The van der Waals surface area contributed by atoms with Crippen LogP contribution in [-0.4, -0.2) is 42.2 Å². The summed E-state index contributed by atoms with van der Waals surface area (Å²) in [5.74, 6) is 2.44. The second-order valence-electron chi connectivity index (χ2n) is 7.81. The Hall–Kier alpha value is -3.29. The van der Waals surface area contributed by atoms with Gasteiger partial charge in [0.2, 0.25) is 5.71 Å². The standard InChI is InChI=1S/C22H26N4O4/c1-13-17(18-19(26-22(2)8-9-22)24-12-25-21(18)30-13)20(27)23-10-7-14-11-15(28-3)5-6-16(14)29-4/h5-6,11-12H,7-10H2,1-4H3,(H,23,27)(H,24,25,26). The van der Waals surface area contributed by atoms with Crippen LogP contribution in [0.15, 0.2) is 28.9 Å². The second kappa shape index (κ2) is 7.85. The molecule has 2 heterocycles. The van der Waals surface area contributed by atoms with Gasteiger partial charge in [-0.3, -0.25) is 4.79 Å². The van der Waals surface area contributed by atoms with E-state index in [0.717, 1.165) is 29.9 Å². The number of hydrogen-bond acceptors (Lipinski definition) is 7. The summed E-state index contributed by atoms with van der Waals surface area (Å²) in [5.41, 5.74) is 1.85. The van der Waals surface area contributed by atoms with Gasteiger partial charge in [-0.1, -0.05) is 0 Å². The average molecular weight is 410 g/mol. The van der Waals surface area contributed by atoms with Gasteiger partial charge in [-0.05, 0) is 56.9 Å². The SMILES string of the molecule is COc1ccc(OC)c(CCNC(=O)c2c(C)oc3ncnc(NC4(C)CC4)c23)c1. The van der Waals surface area contributed by atoms with Crippen LogP contribution in [0.3, 0.4) is 0 Å². The Balaban J connectivity index is 1.53. The number of nitrogens with one attached hydrogen (secondary N) is 2. The van der Waals surface area contributed by atoms with Crippen molar-refractivity contribution in [3.8, 4) is 11.5 Å². The van der Waals surface area contributed by atoms with Crippen molar-refractivity contribution in [2.24, 2.45) is 0 Å². The Morgan fingerprint density at radius 1 is 1.23 bits per heavy atom. The minimum atomic E-state index is -0.216. The van der Waals surface area contributed by atoms with Crippen molar-refractivity contribution in [1.29, 1.82) is 0 Å². The van der Waals surface area contributed by atoms with Gasteiger partial charge in [-0.2, -0.15) is 0 Å². The first kappa shape index (κ1) is 20.0. The molecular weight excluding hydrogens is 384 g/mol. The fourth-order valence-corrected chi connectivity index (χ4v) is 3.49. The summed E-state index contributed by atoms with van der Waals surface area (Å²) in [6.45, 7) is 4.34. The molecule has 8 nitrogen and oxygen atoms in total. The molecule has 3 aromatic rings. The third kappa shape index (κ3) is 3.90. The predicted octanol–water partition coefficient (Wildman–Crippen LogP) is 3.49. The van der Waals surface area contributed by atoms with Crippen LogP contribution in [0.4, 0.5) is 5.82 Å². The van der Waals surface area contributed by atoms with Crippen LogP contribution in [-0.2, 0) is 6.42 Å². The molecule has 4 rings (SSSR count). The fourth-order valence-electron chi connectivity index (χ4n) is 3.49. The van der Waals surface area contributed by atoms with E-state index in [2.05, 4.69) is 27.5 Å². The highest BCUT2D eigenvalue weighted by molar-refractivity contribution is 6.10. The van der Waals surface area contributed by atoms with Crippen LogP contribution < -0.4 is 20.1 Å². The van der Waals surface area contributed by atoms with Crippen LogP contribution in [0.2, 0.25) is 0 Å². The number of furan rings is 1. The third-order valence-corrected chi connectivity index (χ3v) is 5.48. The summed E-state index contributed by atoms with van der Waals surface area (Å²) in [7, 11) is 3.25. The van der Waals surface area contributed by atoms with E-state index in [0.29, 0.717) is 41.2 Å². The molecule has 1 aliphatic rings. The first-order valence-corrected chi connectivity index (χ1v) is 9.95. The number of hydrogen-bond donors (Lipinski definition) is 2. The topological polar surface area (TPSA) is 98.5 Å². The van der Waals surface area contributed by atoms with Crippen LogP contribution in [0.5, 0.6) is 11.5 Å². The van der Waals surface area contributed by atoms with E-state index in [9.17, 15) is 4.79 Å². The molecular formula is C22H26N4O4. The van der Waals surface area contributed by atoms with Crippen molar-refractivity contribution in [3.05, 3.63) is 41.4 Å². The zero-order chi connectivity index (χ0) is 21.3. The molecule has 30 heavy (non-hydrogen) atoms. The van der Waals surface area contributed by atoms with Crippen molar-refractivity contribution in [1.82, 2.24) is 15.3 Å². The summed E-state index contributed by atoms with van der Waals surface area (Å²) in [4.78, 5) is 21.6. The zero-order valence-corrected chi connectivity index (χ0v) is 17.7. The minimum Gasteiger partial charge on any atom is -0.497 e. The van der Waals surface area contributed by atoms with E-state index < -0.39 is 0 Å². The number of carbonyl (C=O) groups is 1. The van der Waals surface area contributed by atoms with Gasteiger partial charge in [0.05, 0.1) is 25.2 Å². The quantitative estimate of drug-likeness (QED) is 0.586. The van der Waals surface area contributed by atoms with E-state index in [1.165, 1.54) is 6.33 Å². The number of aromatic nitrogens is 2. The highest BCUT2D eigenvalue weighted by atomic mass is 16.5. The molecule has 0 aliphatic heterocycles. The fraction of sp³-hybridized carbons (Fsp3) is 0.409. The number of rotatable bonds is 8. The number of aryl methyl sites for hydroxylation is 1. The second-order valence-corrected chi connectivity index (χ2v) is 7.81. The Morgan fingerprint density at radius 3 is 2.73 bits per heavy atom. The van der Waals surface area contributed by atoms with Crippen molar-refractivity contribution in [2.75, 3.05) is 26.1 Å². The number of ether oxygens (including phenoxy) is 2. The molecule has 158 valence electrons. The number of carbonyl (C=O) groups excluding carboxylic acids is 1. The lowest BCUT2D eigenvalue weighted by molar-refractivity contribution is 0.0954. The smallest absolute Gasteiger partial charge is 0.255 e. The molecule has 1 saturated carbocycles. The van der Waals surface area contributed by atoms with E-state index in [-0.39, 0.29) is 11.4 Å². The molecule has 0 bridgehead atoms. The van der Waals surface area contributed by atoms with Gasteiger partial charge >= 0.3 is 0 Å². The normalized spacial score (nSPS) is 14.4. The average Bonchev–Trinajstić information content (AvgIpc) is 3.35. The van der Waals surface area contributed by atoms with Gasteiger partial charge in [-0.15, -0.1) is 0 Å². The van der Waals surface area contributed by atoms with Crippen LogP contribution >= 0.6 is 0 Å². The lowest BCUT2D eigenvalue weighted by atomic mass is 10.1. The number of anilines is 1. The van der Waals surface area contributed by atoms with Gasteiger partial charge < -0.3 is 24.5 Å². The summed E-state index contributed by atoms with van der Waals surface area (Å²) in [6, 6.07) is 5.62. The maximum atomic E-state index is 13.0. The van der Waals surface area contributed by atoms with Gasteiger partial charge in [0.15, 0.2) is 0 Å². The molecule has 0 radical (unpaired) electrons. The molecule has 2 N–H and O–H groups in total. The Kier molecular flexibility index (Phi) is 5.24. The highest BCUT2D eigenvalue weighted by Crippen LogP contribution is 2.40. The molecule has 1 aliphatic carbocycles. The maximum Gasteiger partial charge on any atom is 0.255 e. The molecule has 1 aromatic carbocycles. The molecule has 0 unspecified atom stereocenters. The molecule has 0 spiro atoms. The van der Waals surface area contributed by atoms with Crippen LogP contribution in [0.25, 0.3) is 11.1 Å². The lowest BCUT2D eigenvalue weighted by Gasteiger charge is -2.13. The monoisotopic (exact) mass is 410 g/mol. The first-order valence-electron chi connectivity index (χ1n) is 9.95. The largest absolute Gasteiger partial charge is 0.497 e. The molecule has 8 heteroatoms.